The molecule has 0 N–H and O–H groups in total. The zero-order valence-corrected chi connectivity index (χ0v) is 8.26. The van der Waals surface area contributed by atoms with E-state index in [1.54, 1.807) is 0 Å². The smallest absolute Gasteiger partial charge is 0.115 e. The van der Waals surface area contributed by atoms with E-state index >= 15 is 0 Å². The highest BCUT2D eigenvalue weighted by atomic mass is 19.1. The van der Waals surface area contributed by atoms with Crippen LogP contribution in [-0.2, 0) is 0 Å². The van der Waals surface area contributed by atoms with Gasteiger partial charge >= 0.3 is 0 Å². The van der Waals surface area contributed by atoms with Crippen LogP contribution in [0, 0.1) is 11.8 Å². The van der Waals surface area contributed by atoms with Crippen molar-refractivity contribution >= 4 is 0 Å². The van der Waals surface area contributed by atoms with Crippen LogP contribution in [0.2, 0.25) is 0 Å². The number of rotatable bonds is 4. The van der Waals surface area contributed by atoms with E-state index in [0.717, 1.165) is 0 Å². The molecule has 0 amide bonds. The highest BCUT2D eigenvalue weighted by molar-refractivity contribution is 4.69. The van der Waals surface area contributed by atoms with Crippen LogP contribution in [0.25, 0.3) is 0 Å². The van der Waals surface area contributed by atoms with Crippen LogP contribution in [0.5, 0.6) is 0 Å². The summed E-state index contributed by atoms with van der Waals surface area (Å²) in [6.07, 6.45) is -0.690. The largest absolute Gasteiger partial charge is 0.307 e. The molecular formula is C9H20FN. The Kier molecular flexibility index (Phi) is 4.66. The molecule has 0 saturated heterocycles. The third-order valence-corrected chi connectivity index (χ3v) is 2.16. The molecule has 68 valence electrons. The molecule has 1 nitrogen and oxygen atoms in total. The molecule has 0 aliphatic carbocycles. The first kappa shape index (κ1) is 10.9. The molecule has 0 aromatic carbocycles. The molecule has 0 rings (SSSR count). The molecule has 0 spiro atoms. The molecule has 0 fully saturated rings. The van der Waals surface area contributed by atoms with Gasteiger partial charge in [-0.2, -0.15) is 0 Å². The Morgan fingerprint density at radius 3 is 1.91 bits per heavy atom. The average molecular weight is 161 g/mol. The SMILES string of the molecule is CC(C)C(C)C(F)CN(C)C. The zero-order valence-electron chi connectivity index (χ0n) is 8.26. The van der Waals surface area contributed by atoms with Crippen molar-refractivity contribution in [3.05, 3.63) is 0 Å². The molecule has 0 bridgehead atoms. The second-order valence-corrected chi connectivity index (χ2v) is 3.88. The van der Waals surface area contributed by atoms with E-state index in [9.17, 15) is 4.39 Å². The molecule has 2 unspecified atom stereocenters. The van der Waals surface area contributed by atoms with E-state index in [2.05, 4.69) is 13.8 Å². The molecule has 2 atom stereocenters. The third kappa shape index (κ3) is 4.35. The standard InChI is InChI=1S/C9H20FN/c1-7(2)8(3)9(10)6-11(4)5/h7-9H,6H2,1-5H3. The summed E-state index contributed by atoms with van der Waals surface area (Å²) < 4.78 is 13.3. The number of halogens is 1. The maximum absolute atomic E-state index is 13.3. The van der Waals surface area contributed by atoms with Gasteiger partial charge < -0.3 is 4.90 Å². The van der Waals surface area contributed by atoms with Gasteiger partial charge in [0, 0.05) is 6.54 Å². The first-order chi connectivity index (χ1) is 4.95. The quantitative estimate of drug-likeness (QED) is 0.611. The highest BCUT2D eigenvalue weighted by Crippen LogP contribution is 2.17. The molecule has 0 aromatic heterocycles. The average Bonchev–Trinajstić information content (AvgIpc) is 1.84. The number of nitrogens with zero attached hydrogens (tertiary/aromatic N) is 1. The molecule has 0 aromatic rings. The Labute approximate surface area is 69.6 Å². The highest BCUT2D eigenvalue weighted by Gasteiger charge is 2.19. The van der Waals surface area contributed by atoms with Gasteiger partial charge in [0.1, 0.15) is 6.17 Å². The van der Waals surface area contributed by atoms with Crippen LogP contribution in [0.4, 0.5) is 4.39 Å². The molecule has 0 saturated carbocycles. The summed E-state index contributed by atoms with van der Waals surface area (Å²) in [7, 11) is 3.80. The molecular weight excluding hydrogens is 141 g/mol. The van der Waals surface area contributed by atoms with Crippen molar-refractivity contribution in [3.63, 3.8) is 0 Å². The normalized spacial score (nSPS) is 17.5. The Hall–Kier alpha value is -0.110. The lowest BCUT2D eigenvalue weighted by molar-refractivity contribution is 0.155. The fraction of sp³-hybridized carbons (Fsp3) is 1.00. The summed E-state index contributed by atoms with van der Waals surface area (Å²) in [6, 6.07) is 0. The second-order valence-electron chi connectivity index (χ2n) is 3.88. The molecule has 0 aliphatic rings. The molecule has 0 heterocycles. The van der Waals surface area contributed by atoms with E-state index in [1.165, 1.54) is 0 Å². The predicted molar refractivity (Wildman–Crippen MR) is 47.5 cm³/mol. The summed E-state index contributed by atoms with van der Waals surface area (Å²) in [6.45, 7) is 6.64. The minimum absolute atomic E-state index is 0.164. The van der Waals surface area contributed by atoms with Crippen molar-refractivity contribution in [3.8, 4) is 0 Å². The lowest BCUT2D eigenvalue weighted by Gasteiger charge is -2.22. The lowest BCUT2D eigenvalue weighted by Crippen LogP contribution is -2.30. The summed E-state index contributed by atoms with van der Waals surface area (Å²) >= 11 is 0. The number of hydrogen-bond acceptors (Lipinski definition) is 1. The van der Waals surface area contributed by atoms with E-state index in [4.69, 9.17) is 0 Å². The molecule has 0 aliphatic heterocycles. The van der Waals surface area contributed by atoms with Gasteiger partial charge in [-0.25, -0.2) is 4.39 Å². The van der Waals surface area contributed by atoms with Crippen molar-refractivity contribution in [2.75, 3.05) is 20.6 Å². The summed E-state index contributed by atoms with van der Waals surface area (Å²) in [5.41, 5.74) is 0. The zero-order chi connectivity index (χ0) is 9.02. The second kappa shape index (κ2) is 4.70. The number of hydrogen-bond donors (Lipinski definition) is 0. The first-order valence-corrected chi connectivity index (χ1v) is 4.24. The van der Waals surface area contributed by atoms with Gasteiger partial charge in [0.2, 0.25) is 0 Å². The Balaban J connectivity index is 3.73. The van der Waals surface area contributed by atoms with Gasteiger partial charge in [0.05, 0.1) is 0 Å². The minimum atomic E-state index is -0.690. The van der Waals surface area contributed by atoms with Gasteiger partial charge in [0.25, 0.3) is 0 Å². The summed E-state index contributed by atoms with van der Waals surface area (Å²) in [4.78, 5) is 1.89. The Morgan fingerprint density at radius 1 is 1.18 bits per heavy atom. The van der Waals surface area contributed by atoms with Crippen LogP contribution in [0.15, 0.2) is 0 Å². The van der Waals surface area contributed by atoms with Crippen LogP contribution in [0.1, 0.15) is 20.8 Å². The lowest BCUT2D eigenvalue weighted by atomic mass is 9.93. The first-order valence-electron chi connectivity index (χ1n) is 4.24. The molecule has 11 heavy (non-hydrogen) atoms. The van der Waals surface area contributed by atoms with Crippen LogP contribution < -0.4 is 0 Å². The summed E-state index contributed by atoms with van der Waals surface area (Å²) in [5.74, 6) is 0.599. The fourth-order valence-corrected chi connectivity index (χ4v) is 0.933. The van der Waals surface area contributed by atoms with Gasteiger partial charge in [-0.05, 0) is 25.9 Å². The van der Waals surface area contributed by atoms with E-state index in [-0.39, 0.29) is 5.92 Å². The third-order valence-electron chi connectivity index (χ3n) is 2.16. The maximum atomic E-state index is 13.3. The van der Waals surface area contributed by atoms with Gasteiger partial charge in [-0.3, -0.25) is 0 Å². The van der Waals surface area contributed by atoms with Crippen molar-refractivity contribution in [1.82, 2.24) is 4.90 Å². The van der Waals surface area contributed by atoms with E-state index in [1.807, 2.05) is 25.9 Å². The molecule has 2 heteroatoms. The monoisotopic (exact) mass is 161 g/mol. The van der Waals surface area contributed by atoms with Crippen LogP contribution in [-0.4, -0.2) is 31.7 Å². The van der Waals surface area contributed by atoms with Crippen molar-refractivity contribution < 1.29 is 4.39 Å². The predicted octanol–water partition coefficient (Wildman–Crippen LogP) is 2.18. The topological polar surface area (TPSA) is 3.24 Å². The van der Waals surface area contributed by atoms with Crippen molar-refractivity contribution in [1.29, 1.82) is 0 Å². The van der Waals surface area contributed by atoms with Gasteiger partial charge in [-0.15, -0.1) is 0 Å². The van der Waals surface area contributed by atoms with Crippen molar-refractivity contribution in [2.24, 2.45) is 11.8 Å². The molecule has 0 radical (unpaired) electrons. The Morgan fingerprint density at radius 2 is 1.64 bits per heavy atom. The Bertz CT molecular complexity index is 102. The van der Waals surface area contributed by atoms with E-state index < -0.39 is 6.17 Å². The number of alkyl halides is 1. The van der Waals surface area contributed by atoms with Gasteiger partial charge in [-0.1, -0.05) is 20.8 Å². The van der Waals surface area contributed by atoms with Gasteiger partial charge in [0.15, 0.2) is 0 Å². The van der Waals surface area contributed by atoms with E-state index in [0.29, 0.717) is 12.5 Å². The summed E-state index contributed by atoms with van der Waals surface area (Å²) in [5, 5.41) is 0. The fourth-order valence-electron chi connectivity index (χ4n) is 0.933. The van der Waals surface area contributed by atoms with Crippen LogP contribution in [0.3, 0.4) is 0 Å². The minimum Gasteiger partial charge on any atom is -0.307 e. The van der Waals surface area contributed by atoms with Crippen LogP contribution >= 0.6 is 0 Å². The maximum Gasteiger partial charge on any atom is 0.115 e. The van der Waals surface area contributed by atoms with Crippen molar-refractivity contribution in [2.45, 2.75) is 26.9 Å².